The van der Waals surface area contributed by atoms with E-state index in [2.05, 4.69) is 15.3 Å². The van der Waals surface area contributed by atoms with Gasteiger partial charge in [-0.1, -0.05) is 17.7 Å². The van der Waals surface area contributed by atoms with Gasteiger partial charge in [-0.2, -0.15) is 4.98 Å². The van der Waals surface area contributed by atoms with Gasteiger partial charge >= 0.3 is 0 Å². The van der Waals surface area contributed by atoms with Crippen LogP contribution in [0.15, 0.2) is 30.5 Å². The summed E-state index contributed by atoms with van der Waals surface area (Å²) in [4.78, 5) is 7.72. The normalized spacial score (nSPS) is 10.1. The SMILES string of the molecule is Nc1nccc(Nc2cccc(O)c2Cl)n1. The third-order valence-corrected chi connectivity index (χ3v) is 2.31. The van der Waals surface area contributed by atoms with E-state index >= 15 is 0 Å². The van der Waals surface area contributed by atoms with Crippen molar-refractivity contribution in [2.45, 2.75) is 0 Å². The van der Waals surface area contributed by atoms with Crippen molar-refractivity contribution in [3.8, 4) is 5.75 Å². The van der Waals surface area contributed by atoms with Crippen LogP contribution in [0.25, 0.3) is 0 Å². The number of nitrogens with one attached hydrogen (secondary N) is 1. The van der Waals surface area contributed by atoms with Gasteiger partial charge in [0.05, 0.1) is 5.69 Å². The smallest absolute Gasteiger partial charge is 0.221 e. The summed E-state index contributed by atoms with van der Waals surface area (Å²) in [6.07, 6.45) is 1.53. The second kappa shape index (κ2) is 4.24. The molecule has 0 atom stereocenters. The summed E-state index contributed by atoms with van der Waals surface area (Å²) in [6, 6.07) is 6.55. The Kier molecular flexibility index (Phi) is 2.78. The minimum Gasteiger partial charge on any atom is -0.506 e. The maximum absolute atomic E-state index is 9.40. The van der Waals surface area contributed by atoms with Crippen molar-refractivity contribution in [3.05, 3.63) is 35.5 Å². The van der Waals surface area contributed by atoms with E-state index in [9.17, 15) is 5.11 Å². The maximum atomic E-state index is 9.40. The molecule has 1 heterocycles. The van der Waals surface area contributed by atoms with Gasteiger partial charge in [-0.05, 0) is 18.2 Å². The summed E-state index contributed by atoms with van der Waals surface area (Å²) in [5.74, 6) is 0.690. The lowest BCUT2D eigenvalue weighted by atomic mass is 10.3. The molecule has 4 N–H and O–H groups in total. The van der Waals surface area contributed by atoms with Gasteiger partial charge in [0.25, 0.3) is 0 Å². The van der Waals surface area contributed by atoms with Crippen LogP contribution in [0.3, 0.4) is 0 Å². The molecule has 0 saturated heterocycles. The summed E-state index contributed by atoms with van der Waals surface area (Å²) in [6.45, 7) is 0. The van der Waals surface area contributed by atoms with Gasteiger partial charge in [0, 0.05) is 6.20 Å². The summed E-state index contributed by atoms with van der Waals surface area (Å²) in [7, 11) is 0. The number of nitrogen functional groups attached to an aromatic ring is 1. The molecule has 0 spiro atoms. The van der Waals surface area contributed by atoms with Gasteiger partial charge in [0.1, 0.15) is 16.6 Å². The zero-order valence-corrected chi connectivity index (χ0v) is 8.94. The molecule has 0 aliphatic rings. The van der Waals surface area contributed by atoms with Gasteiger partial charge in [0.2, 0.25) is 5.95 Å². The first-order valence-electron chi connectivity index (χ1n) is 4.50. The Bertz CT molecular complexity index is 518. The van der Waals surface area contributed by atoms with Gasteiger partial charge < -0.3 is 16.2 Å². The van der Waals surface area contributed by atoms with Crippen molar-refractivity contribution >= 4 is 29.1 Å². The molecule has 2 aromatic rings. The molecule has 0 saturated carbocycles. The number of halogens is 1. The summed E-state index contributed by atoms with van der Waals surface area (Å²) in [5, 5.41) is 12.6. The maximum Gasteiger partial charge on any atom is 0.221 e. The van der Waals surface area contributed by atoms with E-state index in [1.165, 1.54) is 12.3 Å². The van der Waals surface area contributed by atoms with Crippen LogP contribution in [0.4, 0.5) is 17.5 Å². The monoisotopic (exact) mass is 236 g/mol. The average molecular weight is 237 g/mol. The Balaban J connectivity index is 2.31. The second-order valence-electron chi connectivity index (χ2n) is 3.06. The molecule has 0 bridgehead atoms. The first-order chi connectivity index (χ1) is 7.66. The van der Waals surface area contributed by atoms with Crippen LogP contribution < -0.4 is 11.1 Å². The van der Waals surface area contributed by atoms with Crippen molar-refractivity contribution in [1.82, 2.24) is 9.97 Å². The molecule has 1 aromatic carbocycles. The van der Waals surface area contributed by atoms with E-state index in [0.717, 1.165) is 0 Å². The zero-order valence-electron chi connectivity index (χ0n) is 8.18. The largest absolute Gasteiger partial charge is 0.506 e. The fraction of sp³-hybridized carbons (Fsp3) is 0. The number of nitrogens with zero attached hydrogens (tertiary/aromatic N) is 2. The Hall–Kier alpha value is -2.01. The lowest BCUT2D eigenvalue weighted by Gasteiger charge is -2.08. The predicted octanol–water partition coefficient (Wildman–Crippen LogP) is 2.16. The first-order valence-corrected chi connectivity index (χ1v) is 4.87. The molecule has 5 nitrogen and oxygen atoms in total. The summed E-state index contributed by atoms with van der Waals surface area (Å²) >= 11 is 5.90. The van der Waals surface area contributed by atoms with Gasteiger partial charge in [-0.15, -0.1) is 0 Å². The highest BCUT2D eigenvalue weighted by molar-refractivity contribution is 6.34. The molecule has 16 heavy (non-hydrogen) atoms. The van der Waals surface area contributed by atoms with Crippen LogP contribution in [0.1, 0.15) is 0 Å². The topological polar surface area (TPSA) is 84.1 Å². The quantitative estimate of drug-likeness (QED) is 0.744. The number of hydrogen-bond acceptors (Lipinski definition) is 5. The van der Waals surface area contributed by atoms with E-state index in [0.29, 0.717) is 11.5 Å². The van der Waals surface area contributed by atoms with Crippen LogP contribution in [0, 0.1) is 0 Å². The summed E-state index contributed by atoms with van der Waals surface area (Å²) < 4.78 is 0. The number of aromatic hydroxyl groups is 1. The number of nitrogens with two attached hydrogens (primary N) is 1. The third kappa shape index (κ3) is 2.14. The fourth-order valence-electron chi connectivity index (χ4n) is 1.20. The number of phenolic OH excluding ortho intramolecular Hbond substituents is 1. The number of aromatic nitrogens is 2. The highest BCUT2D eigenvalue weighted by Crippen LogP contribution is 2.32. The van der Waals surface area contributed by atoms with Crippen molar-refractivity contribution in [2.75, 3.05) is 11.1 Å². The number of hydrogen-bond donors (Lipinski definition) is 3. The van der Waals surface area contributed by atoms with Gasteiger partial charge in [0.15, 0.2) is 0 Å². The van der Waals surface area contributed by atoms with Crippen LogP contribution in [0.5, 0.6) is 5.75 Å². The molecule has 0 radical (unpaired) electrons. The van der Waals surface area contributed by atoms with E-state index in [1.54, 1.807) is 18.2 Å². The molecular weight excluding hydrogens is 228 g/mol. The number of benzene rings is 1. The molecule has 0 aliphatic carbocycles. The summed E-state index contributed by atoms with van der Waals surface area (Å²) in [5.41, 5.74) is 5.99. The predicted molar refractivity (Wildman–Crippen MR) is 62.8 cm³/mol. The molecule has 0 amide bonds. The van der Waals surface area contributed by atoms with E-state index in [-0.39, 0.29) is 16.7 Å². The Morgan fingerprint density at radius 3 is 2.88 bits per heavy atom. The molecule has 0 unspecified atom stereocenters. The van der Waals surface area contributed by atoms with Crippen LogP contribution >= 0.6 is 11.6 Å². The van der Waals surface area contributed by atoms with Crippen molar-refractivity contribution in [2.24, 2.45) is 0 Å². The van der Waals surface area contributed by atoms with E-state index < -0.39 is 0 Å². The molecule has 0 fully saturated rings. The Labute approximate surface area is 96.9 Å². The van der Waals surface area contributed by atoms with Crippen molar-refractivity contribution in [1.29, 1.82) is 0 Å². The second-order valence-corrected chi connectivity index (χ2v) is 3.44. The molecule has 0 aliphatic heterocycles. The van der Waals surface area contributed by atoms with Gasteiger partial charge in [-0.25, -0.2) is 4.98 Å². The third-order valence-electron chi connectivity index (χ3n) is 1.92. The van der Waals surface area contributed by atoms with Crippen LogP contribution in [-0.2, 0) is 0 Å². The zero-order chi connectivity index (χ0) is 11.5. The lowest BCUT2D eigenvalue weighted by molar-refractivity contribution is 0.476. The number of anilines is 3. The van der Waals surface area contributed by atoms with Gasteiger partial charge in [-0.3, -0.25) is 0 Å². The minimum absolute atomic E-state index is 0.00805. The van der Waals surface area contributed by atoms with Crippen LogP contribution in [-0.4, -0.2) is 15.1 Å². The van der Waals surface area contributed by atoms with Crippen LogP contribution in [0.2, 0.25) is 5.02 Å². The van der Waals surface area contributed by atoms with Crippen molar-refractivity contribution in [3.63, 3.8) is 0 Å². The Morgan fingerprint density at radius 1 is 1.31 bits per heavy atom. The average Bonchev–Trinajstić information content (AvgIpc) is 2.25. The first kappa shape index (κ1) is 10.5. The minimum atomic E-state index is 0.00805. The number of phenols is 1. The highest BCUT2D eigenvalue weighted by atomic mass is 35.5. The number of rotatable bonds is 2. The molecular formula is C10H9ClN4O. The standard InChI is InChI=1S/C10H9ClN4O/c11-9-6(2-1-3-7(9)16)14-8-4-5-13-10(12)15-8/h1-5,16H,(H3,12,13,14,15). The van der Waals surface area contributed by atoms with E-state index in [4.69, 9.17) is 17.3 Å². The lowest BCUT2D eigenvalue weighted by Crippen LogP contribution is -1.99. The van der Waals surface area contributed by atoms with E-state index in [1.807, 2.05) is 0 Å². The van der Waals surface area contributed by atoms with Crippen molar-refractivity contribution < 1.29 is 5.11 Å². The molecule has 1 aromatic heterocycles. The molecule has 6 heteroatoms. The Morgan fingerprint density at radius 2 is 2.12 bits per heavy atom. The molecule has 2 rings (SSSR count). The molecule has 82 valence electrons. The fourth-order valence-corrected chi connectivity index (χ4v) is 1.37. The highest BCUT2D eigenvalue weighted by Gasteiger charge is 2.05.